The first-order chi connectivity index (χ1) is 9.67. The van der Waals surface area contributed by atoms with E-state index in [2.05, 4.69) is 23.9 Å². The van der Waals surface area contributed by atoms with Gasteiger partial charge in [0.1, 0.15) is 5.15 Å². The maximum atomic E-state index is 13.2. The standard InChI is InChI=1S/C14H13ClF3N3/c1-13(2)4-11-9(5-20-21(11)7-13)8-3-12(15)19-6-10(8)14(16,17)18/h3,5-6H,4,7H2,1-2H3. The summed E-state index contributed by atoms with van der Waals surface area (Å²) in [6.07, 6.45) is -1.54. The smallest absolute Gasteiger partial charge is 0.268 e. The summed E-state index contributed by atoms with van der Waals surface area (Å²) in [5, 5.41) is 4.24. The first-order valence-electron chi connectivity index (χ1n) is 6.45. The molecule has 0 unspecified atom stereocenters. The molecule has 0 amide bonds. The molecule has 3 nitrogen and oxygen atoms in total. The van der Waals surface area contributed by atoms with Gasteiger partial charge in [-0.1, -0.05) is 25.4 Å². The molecule has 7 heteroatoms. The second-order valence-corrected chi connectivity index (χ2v) is 6.44. The molecule has 21 heavy (non-hydrogen) atoms. The second-order valence-electron chi connectivity index (χ2n) is 6.05. The summed E-state index contributed by atoms with van der Waals surface area (Å²) in [6.45, 7) is 4.83. The monoisotopic (exact) mass is 315 g/mol. The van der Waals surface area contributed by atoms with Crippen molar-refractivity contribution < 1.29 is 13.2 Å². The largest absolute Gasteiger partial charge is 0.418 e. The molecule has 2 aromatic rings. The molecule has 0 radical (unpaired) electrons. The lowest BCUT2D eigenvalue weighted by Crippen LogP contribution is -2.13. The lowest BCUT2D eigenvalue weighted by atomic mass is 9.89. The zero-order valence-electron chi connectivity index (χ0n) is 11.5. The Morgan fingerprint density at radius 2 is 1.95 bits per heavy atom. The van der Waals surface area contributed by atoms with Crippen molar-refractivity contribution in [2.24, 2.45) is 5.41 Å². The minimum Gasteiger partial charge on any atom is -0.268 e. The predicted molar refractivity (Wildman–Crippen MR) is 73.0 cm³/mol. The maximum Gasteiger partial charge on any atom is 0.418 e. The molecule has 1 aliphatic rings. The normalized spacial score (nSPS) is 17.0. The Labute approximate surface area is 124 Å². The first-order valence-corrected chi connectivity index (χ1v) is 6.83. The van der Waals surface area contributed by atoms with Crippen LogP contribution in [0.5, 0.6) is 0 Å². The zero-order chi connectivity index (χ0) is 15.4. The van der Waals surface area contributed by atoms with Crippen LogP contribution in [-0.4, -0.2) is 14.8 Å². The summed E-state index contributed by atoms with van der Waals surface area (Å²) in [4.78, 5) is 3.56. The third-order valence-corrected chi connectivity index (χ3v) is 3.85. The molecular formula is C14H13ClF3N3. The molecule has 1 aliphatic heterocycles. The van der Waals surface area contributed by atoms with E-state index in [0.717, 1.165) is 11.9 Å². The summed E-state index contributed by atoms with van der Waals surface area (Å²) in [7, 11) is 0. The van der Waals surface area contributed by atoms with Crippen LogP contribution in [0.25, 0.3) is 11.1 Å². The number of aromatic nitrogens is 3. The zero-order valence-corrected chi connectivity index (χ0v) is 12.3. The number of pyridine rings is 1. The number of fused-ring (bicyclic) bond motifs is 1. The number of hydrogen-bond acceptors (Lipinski definition) is 2. The Morgan fingerprint density at radius 3 is 2.62 bits per heavy atom. The summed E-state index contributed by atoms with van der Waals surface area (Å²) >= 11 is 5.79. The van der Waals surface area contributed by atoms with Gasteiger partial charge in [-0.15, -0.1) is 0 Å². The summed E-state index contributed by atoms with van der Waals surface area (Å²) in [5.74, 6) is 0. The third-order valence-electron chi connectivity index (χ3n) is 3.64. The van der Waals surface area contributed by atoms with Crippen molar-refractivity contribution in [2.75, 3.05) is 0 Å². The Bertz CT molecular complexity index is 704. The number of rotatable bonds is 1. The number of nitrogens with zero attached hydrogens (tertiary/aromatic N) is 3. The highest BCUT2D eigenvalue weighted by atomic mass is 35.5. The van der Waals surface area contributed by atoms with E-state index < -0.39 is 11.7 Å². The van der Waals surface area contributed by atoms with E-state index in [4.69, 9.17) is 11.6 Å². The van der Waals surface area contributed by atoms with Crippen molar-refractivity contribution in [1.82, 2.24) is 14.8 Å². The van der Waals surface area contributed by atoms with Crippen LogP contribution in [0.15, 0.2) is 18.5 Å². The fourth-order valence-electron chi connectivity index (χ4n) is 2.75. The van der Waals surface area contributed by atoms with Gasteiger partial charge in [0.2, 0.25) is 0 Å². The Balaban J connectivity index is 2.17. The van der Waals surface area contributed by atoms with Crippen molar-refractivity contribution in [3.05, 3.63) is 34.9 Å². The van der Waals surface area contributed by atoms with Crippen LogP contribution >= 0.6 is 11.6 Å². The summed E-state index contributed by atoms with van der Waals surface area (Å²) < 4.78 is 41.3. The van der Waals surface area contributed by atoms with Gasteiger partial charge in [-0.25, -0.2) is 4.98 Å². The minimum atomic E-state index is -4.48. The number of hydrogen-bond donors (Lipinski definition) is 0. The summed E-state index contributed by atoms with van der Waals surface area (Å²) in [5.41, 5.74) is 0.548. The van der Waals surface area contributed by atoms with Gasteiger partial charge in [0, 0.05) is 29.6 Å². The van der Waals surface area contributed by atoms with E-state index in [0.29, 0.717) is 18.5 Å². The molecular weight excluding hydrogens is 303 g/mol. The quantitative estimate of drug-likeness (QED) is 0.738. The van der Waals surface area contributed by atoms with Gasteiger partial charge < -0.3 is 0 Å². The van der Waals surface area contributed by atoms with Crippen LogP contribution in [0, 0.1) is 5.41 Å². The van der Waals surface area contributed by atoms with Crippen LogP contribution < -0.4 is 0 Å². The molecule has 0 N–H and O–H groups in total. The van der Waals surface area contributed by atoms with E-state index in [1.165, 1.54) is 12.3 Å². The molecule has 0 spiro atoms. The van der Waals surface area contributed by atoms with Crippen LogP contribution in [-0.2, 0) is 19.1 Å². The molecule has 3 heterocycles. The van der Waals surface area contributed by atoms with Gasteiger partial charge in [0.05, 0.1) is 11.8 Å². The van der Waals surface area contributed by atoms with Crippen LogP contribution in [0.2, 0.25) is 5.15 Å². The molecule has 0 saturated heterocycles. The molecule has 0 aliphatic carbocycles. The fourth-order valence-corrected chi connectivity index (χ4v) is 2.91. The first kappa shape index (κ1) is 14.4. The van der Waals surface area contributed by atoms with Gasteiger partial charge in [-0.3, -0.25) is 4.68 Å². The van der Waals surface area contributed by atoms with Gasteiger partial charge in [-0.2, -0.15) is 18.3 Å². The highest BCUT2D eigenvalue weighted by Crippen LogP contribution is 2.42. The van der Waals surface area contributed by atoms with Gasteiger partial charge >= 0.3 is 6.18 Å². The lowest BCUT2D eigenvalue weighted by molar-refractivity contribution is -0.137. The number of halogens is 4. The lowest BCUT2D eigenvalue weighted by Gasteiger charge is -2.15. The fraction of sp³-hybridized carbons (Fsp3) is 0.429. The summed E-state index contributed by atoms with van der Waals surface area (Å²) in [6, 6.07) is 1.26. The topological polar surface area (TPSA) is 30.7 Å². The van der Waals surface area contributed by atoms with E-state index in [1.54, 1.807) is 4.68 Å². The highest BCUT2D eigenvalue weighted by Gasteiger charge is 2.37. The van der Waals surface area contributed by atoms with Crippen molar-refractivity contribution in [1.29, 1.82) is 0 Å². The average molecular weight is 316 g/mol. The molecule has 0 saturated carbocycles. The SMILES string of the molecule is CC1(C)Cc2c(-c3cc(Cl)ncc3C(F)(F)F)cnn2C1. The molecule has 3 rings (SSSR count). The van der Waals surface area contributed by atoms with Crippen LogP contribution in [0.3, 0.4) is 0 Å². The second kappa shape index (κ2) is 4.47. The highest BCUT2D eigenvalue weighted by molar-refractivity contribution is 6.29. The van der Waals surface area contributed by atoms with Gasteiger partial charge in [0.25, 0.3) is 0 Å². The molecule has 2 aromatic heterocycles. The Morgan fingerprint density at radius 1 is 1.24 bits per heavy atom. The molecule has 0 fully saturated rings. The predicted octanol–water partition coefficient (Wildman–Crippen LogP) is 4.20. The molecule has 0 atom stereocenters. The average Bonchev–Trinajstić information content (AvgIpc) is 2.81. The van der Waals surface area contributed by atoms with Crippen molar-refractivity contribution >= 4 is 11.6 Å². The Hall–Kier alpha value is -1.56. The number of alkyl halides is 3. The molecule has 0 aromatic carbocycles. The van der Waals surface area contributed by atoms with Crippen molar-refractivity contribution in [3.63, 3.8) is 0 Å². The van der Waals surface area contributed by atoms with Crippen LogP contribution in [0.1, 0.15) is 25.1 Å². The molecule has 0 bridgehead atoms. The van der Waals surface area contributed by atoms with Crippen molar-refractivity contribution in [3.8, 4) is 11.1 Å². The Kier molecular flexibility index (Phi) is 3.06. The maximum absolute atomic E-state index is 13.2. The van der Waals surface area contributed by atoms with Crippen LogP contribution in [0.4, 0.5) is 13.2 Å². The molecule has 112 valence electrons. The van der Waals surface area contributed by atoms with Gasteiger partial charge in [-0.05, 0) is 17.9 Å². The van der Waals surface area contributed by atoms with E-state index in [-0.39, 0.29) is 16.1 Å². The van der Waals surface area contributed by atoms with E-state index in [1.807, 2.05) is 0 Å². The van der Waals surface area contributed by atoms with Gasteiger partial charge in [0.15, 0.2) is 0 Å². The van der Waals surface area contributed by atoms with Crippen molar-refractivity contribution in [2.45, 2.75) is 33.0 Å². The minimum absolute atomic E-state index is 0.00638. The third kappa shape index (κ3) is 2.52. The van der Waals surface area contributed by atoms with E-state index >= 15 is 0 Å². The van der Waals surface area contributed by atoms with E-state index in [9.17, 15) is 13.2 Å².